The molecule has 0 bridgehead atoms. The monoisotopic (exact) mass is 191 g/mol. The van der Waals surface area contributed by atoms with E-state index in [2.05, 4.69) is 5.32 Å². The van der Waals surface area contributed by atoms with Gasteiger partial charge in [-0.25, -0.2) is 0 Å². The molecule has 0 aliphatic heterocycles. The molecule has 0 aromatic rings. The maximum absolute atomic E-state index is 11.2. The predicted octanol–water partition coefficient (Wildman–Crippen LogP) is -0.506. The summed E-state index contributed by atoms with van der Waals surface area (Å²) in [6.07, 6.45) is -0.860. The van der Waals surface area contributed by atoms with Crippen molar-refractivity contribution in [3.05, 3.63) is 0 Å². The molecule has 0 fully saturated rings. The maximum atomic E-state index is 11.2. The van der Waals surface area contributed by atoms with E-state index in [1.165, 1.54) is 0 Å². The number of aliphatic hydroxyl groups excluding tert-OH is 1. The molecule has 0 saturated carbocycles. The third-order valence-corrected chi connectivity index (χ3v) is 1.26. The molecular formula is C8H17NO4. The van der Waals surface area contributed by atoms with Crippen LogP contribution in [0.4, 0.5) is 0 Å². The summed E-state index contributed by atoms with van der Waals surface area (Å²) >= 11 is 0. The molecule has 0 heterocycles. The molecule has 0 aromatic carbocycles. The molecule has 0 spiro atoms. The molecule has 0 rings (SSSR count). The van der Waals surface area contributed by atoms with Crippen molar-refractivity contribution in [2.45, 2.75) is 20.1 Å². The normalized spacial score (nSPS) is 10.5. The second-order valence-corrected chi connectivity index (χ2v) is 2.26. The lowest BCUT2D eigenvalue weighted by Gasteiger charge is -2.15. The summed E-state index contributed by atoms with van der Waals surface area (Å²) in [7, 11) is 0. The van der Waals surface area contributed by atoms with Crippen LogP contribution in [0, 0.1) is 0 Å². The fourth-order valence-electron chi connectivity index (χ4n) is 0.765. The van der Waals surface area contributed by atoms with Crippen LogP contribution in [0.2, 0.25) is 0 Å². The highest BCUT2D eigenvalue weighted by molar-refractivity contribution is 5.79. The molecule has 2 N–H and O–H groups in total. The Bertz CT molecular complexity index is 134. The highest BCUT2D eigenvalue weighted by Crippen LogP contribution is 1.94. The van der Waals surface area contributed by atoms with Gasteiger partial charge in [0.15, 0.2) is 0 Å². The topological polar surface area (TPSA) is 67.8 Å². The molecule has 0 aromatic heterocycles. The zero-order chi connectivity index (χ0) is 10.1. The van der Waals surface area contributed by atoms with Crippen LogP contribution in [0.5, 0.6) is 0 Å². The van der Waals surface area contributed by atoms with Crippen molar-refractivity contribution in [2.75, 3.05) is 26.4 Å². The van der Waals surface area contributed by atoms with Crippen LogP contribution in [0.25, 0.3) is 0 Å². The van der Waals surface area contributed by atoms with Gasteiger partial charge in [0.1, 0.15) is 0 Å². The summed E-state index contributed by atoms with van der Waals surface area (Å²) in [5, 5.41) is 10.9. The SMILES string of the molecule is CCOC(OCC)C(=O)NCCO. The molecule has 13 heavy (non-hydrogen) atoms. The van der Waals surface area contributed by atoms with Gasteiger partial charge in [0, 0.05) is 19.8 Å². The second kappa shape index (κ2) is 7.97. The van der Waals surface area contributed by atoms with Crippen molar-refractivity contribution in [2.24, 2.45) is 0 Å². The first-order valence-electron chi connectivity index (χ1n) is 4.38. The van der Waals surface area contributed by atoms with E-state index in [0.717, 1.165) is 0 Å². The maximum Gasteiger partial charge on any atom is 0.277 e. The number of carbonyl (C=O) groups is 1. The standard InChI is InChI=1S/C8H17NO4/c1-3-12-8(13-4-2)7(11)9-5-6-10/h8,10H,3-6H2,1-2H3,(H,9,11). The van der Waals surface area contributed by atoms with Crippen molar-refractivity contribution in [3.63, 3.8) is 0 Å². The zero-order valence-electron chi connectivity index (χ0n) is 8.08. The van der Waals surface area contributed by atoms with Gasteiger partial charge in [0.25, 0.3) is 5.91 Å². The average molecular weight is 191 g/mol. The molecule has 0 unspecified atom stereocenters. The Morgan fingerprint density at radius 1 is 1.38 bits per heavy atom. The van der Waals surface area contributed by atoms with E-state index in [4.69, 9.17) is 14.6 Å². The van der Waals surface area contributed by atoms with E-state index in [0.29, 0.717) is 13.2 Å². The number of rotatable bonds is 7. The first-order valence-corrected chi connectivity index (χ1v) is 4.38. The van der Waals surface area contributed by atoms with Crippen molar-refractivity contribution >= 4 is 5.91 Å². The van der Waals surface area contributed by atoms with Gasteiger partial charge in [-0.2, -0.15) is 0 Å². The fraction of sp³-hybridized carbons (Fsp3) is 0.875. The van der Waals surface area contributed by atoms with Gasteiger partial charge in [0.2, 0.25) is 6.29 Å². The Balaban J connectivity index is 3.80. The van der Waals surface area contributed by atoms with Crippen LogP contribution in [-0.2, 0) is 14.3 Å². The molecule has 0 aliphatic rings. The highest BCUT2D eigenvalue weighted by atomic mass is 16.7. The molecule has 78 valence electrons. The smallest absolute Gasteiger partial charge is 0.277 e. The number of aliphatic hydroxyl groups is 1. The highest BCUT2D eigenvalue weighted by Gasteiger charge is 2.17. The first-order chi connectivity index (χ1) is 6.26. The van der Waals surface area contributed by atoms with Crippen LogP contribution >= 0.6 is 0 Å². The van der Waals surface area contributed by atoms with Gasteiger partial charge in [-0.05, 0) is 13.8 Å². The minimum Gasteiger partial charge on any atom is -0.395 e. The Morgan fingerprint density at radius 2 is 1.92 bits per heavy atom. The lowest BCUT2D eigenvalue weighted by molar-refractivity contribution is -0.170. The predicted molar refractivity (Wildman–Crippen MR) is 47.1 cm³/mol. The minimum absolute atomic E-state index is 0.0866. The van der Waals surface area contributed by atoms with Crippen LogP contribution < -0.4 is 5.32 Å². The minimum atomic E-state index is -0.860. The second-order valence-electron chi connectivity index (χ2n) is 2.26. The lowest BCUT2D eigenvalue weighted by atomic mass is 10.5. The van der Waals surface area contributed by atoms with Crippen LogP contribution in [0.1, 0.15) is 13.8 Å². The first kappa shape index (κ1) is 12.3. The van der Waals surface area contributed by atoms with Gasteiger partial charge >= 0.3 is 0 Å². The van der Waals surface area contributed by atoms with Crippen molar-refractivity contribution in [1.29, 1.82) is 0 Å². The van der Waals surface area contributed by atoms with E-state index in [1.807, 2.05) is 0 Å². The quantitative estimate of drug-likeness (QED) is 0.532. The largest absolute Gasteiger partial charge is 0.395 e. The Hall–Kier alpha value is -0.650. The Labute approximate surface area is 78.0 Å². The van der Waals surface area contributed by atoms with E-state index < -0.39 is 6.29 Å². The lowest BCUT2D eigenvalue weighted by Crippen LogP contribution is -2.39. The number of hydrogen-bond acceptors (Lipinski definition) is 4. The van der Waals surface area contributed by atoms with E-state index >= 15 is 0 Å². The molecule has 0 saturated heterocycles. The van der Waals surface area contributed by atoms with Crippen molar-refractivity contribution in [3.8, 4) is 0 Å². The Kier molecular flexibility index (Phi) is 7.57. The number of carbonyl (C=O) groups excluding carboxylic acids is 1. The third kappa shape index (κ3) is 5.57. The molecule has 0 radical (unpaired) electrons. The van der Waals surface area contributed by atoms with Gasteiger partial charge in [-0.15, -0.1) is 0 Å². The van der Waals surface area contributed by atoms with E-state index in [1.54, 1.807) is 13.8 Å². The molecule has 0 aliphatic carbocycles. The van der Waals surface area contributed by atoms with E-state index in [9.17, 15) is 4.79 Å². The molecule has 0 atom stereocenters. The fourth-order valence-corrected chi connectivity index (χ4v) is 0.765. The zero-order valence-corrected chi connectivity index (χ0v) is 8.08. The van der Waals surface area contributed by atoms with Crippen LogP contribution in [0.3, 0.4) is 0 Å². The van der Waals surface area contributed by atoms with Gasteiger partial charge in [-0.3, -0.25) is 4.79 Å². The van der Waals surface area contributed by atoms with E-state index in [-0.39, 0.29) is 19.1 Å². The van der Waals surface area contributed by atoms with Crippen molar-refractivity contribution < 1.29 is 19.4 Å². The van der Waals surface area contributed by atoms with Crippen molar-refractivity contribution in [1.82, 2.24) is 5.32 Å². The third-order valence-electron chi connectivity index (χ3n) is 1.26. The average Bonchev–Trinajstić information content (AvgIpc) is 2.14. The van der Waals surface area contributed by atoms with Crippen LogP contribution in [0.15, 0.2) is 0 Å². The Morgan fingerprint density at radius 3 is 2.31 bits per heavy atom. The number of amides is 1. The van der Waals surface area contributed by atoms with Crippen LogP contribution in [-0.4, -0.2) is 43.7 Å². The summed E-state index contributed by atoms with van der Waals surface area (Å²) in [5.41, 5.74) is 0. The number of nitrogens with one attached hydrogen (secondary N) is 1. The summed E-state index contributed by atoms with van der Waals surface area (Å²) in [4.78, 5) is 11.2. The molecular weight excluding hydrogens is 174 g/mol. The summed E-state index contributed by atoms with van der Waals surface area (Å²) < 4.78 is 10.1. The summed E-state index contributed by atoms with van der Waals surface area (Å²) in [6, 6.07) is 0. The number of hydrogen-bond donors (Lipinski definition) is 2. The molecule has 5 heteroatoms. The molecule has 5 nitrogen and oxygen atoms in total. The molecule has 1 amide bonds. The van der Waals surface area contributed by atoms with Gasteiger partial charge in [0.05, 0.1) is 6.61 Å². The summed E-state index contributed by atoms with van der Waals surface area (Å²) in [5.74, 6) is -0.349. The number of ether oxygens (including phenoxy) is 2. The van der Waals surface area contributed by atoms with Gasteiger partial charge in [-0.1, -0.05) is 0 Å². The van der Waals surface area contributed by atoms with Gasteiger partial charge < -0.3 is 19.9 Å². The summed E-state index contributed by atoms with van der Waals surface area (Å²) in [6.45, 7) is 4.53.